The van der Waals surface area contributed by atoms with E-state index in [0.29, 0.717) is 0 Å². The Morgan fingerprint density at radius 1 is 1.36 bits per heavy atom. The van der Waals surface area contributed by atoms with Gasteiger partial charge in [-0.2, -0.15) is 0 Å². The van der Waals surface area contributed by atoms with Crippen molar-refractivity contribution in [2.75, 3.05) is 14.1 Å². The van der Waals surface area contributed by atoms with E-state index in [-0.39, 0.29) is 11.3 Å². The molecule has 0 aromatic heterocycles. The quantitative estimate of drug-likeness (QED) is 0.602. The molecule has 0 aromatic carbocycles. The lowest BCUT2D eigenvalue weighted by Crippen LogP contribution is -2.47. The first kappa shape index (κ1) is 10.4. The van der Waals surface area contributed by atoms with Crippen LogP contribution in [0, 0.1) is 5.41 Å². The molecule has 0 spiro atoms. The van der Waals surface area contributed by atoms with Gasteiger partial charge < -0.3 is 10.6 Å². The van der Waals surface area contributed by atoms with Gasteiger partial charge in [-0.25, -0.2) is 0 Å². The number of hydrogen-bond donors (Lipinski definition) is 1. The van der Waals surface area contributed by atoms with E-state index in [9.17, 15) is 4.79 Å². The SMILES string of the molecule is CN(C)C(=O)[C@H](N)C(C)(C)C. The number of nitrogens with two attached hydrogens (primary N) is 1. The van der Waals surface area contributed by atoms with E-state index in [1.54, 1.807) is 14.1 Å². The van der Waals surface area contributed by atoms with E-state index in [1.807, 2.05) is 20.8 Å². The molecular formula is C8H18N2O. The first-order chi connectivity index (χ1) is 4.76. The second kappa shape index (κ2) is 3.22. The lowest BCUT2D eigenvalue weighted by molar-refractivity contribution is -0.132. The summed E-state index contributed by atoms with van der Waals surface area (Å²) in [6.07, 6.45) is 0. The fourth-order valence-electron chi connectivity index (χ4n) is 0.649. The smallest absolute Gasteiger partial charge is 0.239 e. The molecule has 0 aliphatic heterocycles. The second-order valence-electron chi connectivity index (χ2n) is 4.08. The van der Waals surface area contributed by atoms with Crippen molar-refractivity contribution in [2.45, 2.75) is 26.8 Å². The first-order valence-electron chi connectivity index (χ1n) is 3.73. The Hall–Kier alpha value is -0.570. The molecular weight excluding hydrogens is 140 g/mol. The summed E-state index contributed by atoms with van der Waals surface area (Å²) in [6.45, 7) is 5.87. The zero-order valence-electron chi connectivity index (χ0n) is 8.01. The van der Waals surface area contributed by atoms with Crippen LogP contribution in [0.1, 0.15) is 20.8 Å². The Balaban J connectivity index is 4.26. The molecule has 0 heterocycles. The van der Waals surface area contributed by atoms with Gasteiger partial charge in [0, 0.05) is 14.1 Å². The van der Waals surface area contributed by atoms with E-state index < -0.39 is 6.04 Å². The molecule has 1 amide bonds. The van der Waals surface area contributed by atoms with Gasteiger partial charge in [0.25, 0.3) is 0 Å². The lowest BCUT2D eigenvalue weighted by atomic mass is 9.87. The van der Waals surface area contributed by atoms with Gasteiger partial charge in [0.2, 0.25) is 5.91 Å². The van der Waals surface area contributed by atoms with Crippen LogP contribution in [0.4, 0.5) is 0 Å². The minimum Gasteiger partial charge on any atom is -0.347 e. The van der Waals surface area contributed by atoms with Crippen LogP contribution in [0.2, 0.25) is 0 Å². The largest absolute Gasteiger partial charge is 0.347 e. The average Bonchev–Trinajstić information content (AvgIpc) is 1.82. The van der Waals surface area contributed by atoms with Crippen molar-refractivity contribution in [1.82, 2.24) is 4.90 Å². The van der Waals surface area contributed by atoms with E-state index in [1.165, 1.54) is 4.90 Å². The summed E-state index contributed by atoms with van der Waals surface area (Å²) >= 11 is 0. The number of nitrogens with zero attached hydrogens (tertiary/aromatic N) is 1. The molecule has 0 bridgehead atoms. The Kier molecular flexibility index (Phi) is 3.05. The zero-order valence-corrected chi connectivity index (χ0v) is 8.01. The highest BCUT2D eigenvalue weighted by Gasteiger charge is 2.28. The number of carbonyl (C=O) groups excluding carboxylic acids is 1. The molecule has 66 valence electrons. The van der Waals surface area contributed by atoms with Gasteiger partial charge in [0.05, 0.1) is 6.04 Å². The maximum atomic E-state index is 11.3. The monoisotopic (exact) mass is 158 g/mol. The Bertz CT molecular complexity index is 147. The van der Waals surface area contributed by atoms with Crippen LogP contribution < -0.4 is 5.73 Å². The number of hydrogen-bond acceptors (Lipinski definition) is 2. The third kappa shape index (κ3) is 2.89. The molecule has 0 saturated heterocycles. The normalized spacial score (nSPS) is 14.4. The third-order valence-electron chi connectivity index (χ3n) is 1.64. The summed E-state index contributed by atoms with van der Waals surface area (Å²) in [7, 11) is 3.43. The standard InChI is InChI=1S/C8H18N2O/c1-8(2,3)6(9)7(11)10(4)5/h6H,9H2,1-5H3/t6-/m0/s1. The minimum atomic E-state index is -0.405. The lowest BCUT2D eigenvalue weighted by Gasteiger charge is -2.28. The van der Waals surface area contributed by atoms with Crippen LogP contribution >= 0.6 is 0 Å². The van der Waals surface area contributed by atoms with E-state index >= 15 is 0 Å². The molecule has 3 heteroatoms. The number of carbonyl (C=O) groups is 1. The van der Waals surface area contributed by atoms with Crippen molar-refractivity contribution in [3.63, 3.8) is 0 Å². The number of amides is 1. The molecule has 0 aliphatic carbocycles. The zero-order chi connectivity index (χ0) is 9.23. The molecule has 0 rings (SSSR count). The molecule has 0 saturated carbocycles. The predicted octanol–water partition coefficient (Wildman–Crippen LogP) is 0.448. The summed E-state index contributed by atoms with van der Waals surface area (Å²) < 4.78 is 0. The van der Waals surface area contributed by atoms with Crippen LogP contribution in [0.25, 0.3) is 0 Å². The highest BCUT2D eigenvalue weighted by atomic mass is 16.2. The maximum Gasteiger partial charge on any atom is 0.239 e. The van der Waals surface area contributed by atoms with Crippen molar-refractivity contribution in [3.05, 3.63) is 0 Å². The second-order valence-corrected chi connectivity index (χ2v) is 4.08. The molecule has 3 nitrogen and oxygen atoms in total. The number of rotatable bonds is 1. The van der Waals surface area contributed by atoms with E-state index in [4.69, 9.17) is 5.73 Å². The first-order valence-corrected chi connectivity index (χ1v) is 3.73. The topological polar surface area (TPSA) is 46.3 Å². The number of likely N-dealkylation sites (N-methyl/N-ethyl adjacent to an activating group) is 1. The van der Waals surface area contributed by atoms with Gasteiger partial charge in [-0.05, 0) is 5.41 Å². The van der Waals surface area contributed by atoms with E-state index in [0.717, 1.165) is 0 Å². The minimum absolute atomic E-state index is 0.0162. The molecule has 1 atom stereocenters. The summed E-state index contributed by atoms with van der Waals surface area (Å²) in [5.41, 5.74) is 5.55. The average molecular weight is 158 g/mol. The van der Waals surface area contributed by atoms with Gasteiger partial charge >= 0.3 is 0 Å². The molecule has 0 unspecified atom stereocenters. The summed E-state index contributed by atoms with van der Waals surface area (Å²) in [6, 6.07) is -0.405. The van der Waals surface area contributed by atoms with E-state index in [2.05, 4.69) is 0 Å². The van der Waals surface area contributed by atoms with Crippen LogP contribution in [0.15, 0.2) is 0 Å². The highest BCUT2D eigenvalue weighted by Crippen LogP contribution is 2.18. The fraction of sp³-hybridized carbons (Fsp3) is 0.875. The molecule has 11 heavy (non-hydrogen) atoms. The van der Waals surface area contributed by atoms with Crippen molar-refractivity contribution in [1.29, 1.82) is 0 Å². The van der Waals surface area contributed by atoms with Crippen LogP contribution in [0.3, 0.4) is 0 Å². The Morgan fingerprint density at radius 3 is 1.82 bits per heavy atom. The molecule has 0 aliphatic rings. The fourth-order valence-corrected chi connectivity index (χ4v) is 0.649. The van der Waals surface area contributed by atoms with Crippen molar-refractivity contribution < 1.29 is 4.79 Å². The third-order valence-corrected chi connectivity index (χ3v) is 1.64. The van der Waals surface area contributed by atoms with Gasteiger partial charge in [-0.1, -0.05) is 20.8 Å². The molecule has 0 aromatic rings. The molecule has 0 radical (unpaired) electrons. The Morgan fingerprint density at radius 2 is 1.73 bits per heavy atom. The van der Waals surface area contributed by atoms with Crippen molar-refractivity contribution >= 4 is 5.91 Å². The predicted molar refractivity (Wildman–Crippen MR) is 46.1 cm³/mol. The van der Waals surface area contributed by atoms with Gasteiger partial charge in [0.15, 0.2) is 0 Å². The summed E-state index contributed by atoms with van der Waals surface area (Å²) in [5, 5.41) is 0. The van der Waals surface area contributed by atoms with Crippen LogP contribution in [0.5, 0.6) is 0 Å². The summed E-state index contributed by atoms with van der Waals surface area (Å²) in [4.78, 5) is 12.8. The molecule has 0 fully saturated rings. The van der Waals surface area contributed by atoms with Crippen molar-refractivity contribution in [3.8, 4) is 0 Å². The van der Waals surface area contributed by atoms with Gasteiger partial charge in [-0.3, -0.25) is 4.79 Å². The summed E-state index contributed by atoms with van der Waals surface area (Å²) in [5.74, 6) is -0.0162. The van der Waals surface area contributed by atoms with Gasteiger partial charge in [-0.15, -0.1) is 0 Å². The molecule has 2 N–H and O–H groups in total. The van der Waals surface area contributed by atoms with Gasteiger partial charge in [0.1, 0.15) is 0 Å². The van der Waals surface area contributed by atoms with Crippen LogP contribution in [-0.2, 0) is 4.79 Å². The van der Waals surface area contributed by atoms with Crippen molar-refractivity contribution in [2.24, 2.45) is 11.1 Å². The highest BCUT2D eigenvalue weighted by molar-refractivity contribution is 5.81. The Labute approximate surface area is 68.6 Å². The maximum absolute atomic E-state index is 11.3. The van der Waals surface area contributed by atoms with Crippen LogP contribution in [-0.4, -0.2) is 30.9 Å².